The number of esters is 1. The summed E-state index contributed by atoms with van der Waals surface area (Å²) in [7, 11) is -4.48. The normalized spacial score (nSPS) is 19.9. The van der Waals surface area contributed by atoms with Crippen LogP contribution in [0.15, 0.2) is 152 Å². The van der Waals surface area contributed by atoms with Gasteiger partial charge in [-0.2, -0.15) is 0 Å². The second-order valence-electron chi connectivity index (χ2n) is 14.8. The summed E-state index contributed by atoms with van der Waals surface area (Å²) in [5.41, 5.74) is 3.32. The Hall–Kier alpha value is -4.48. The minimum atomic E-state index is -4.48. The van der Waals surface area contributed by atoms with Crippen LogP contribution in [0.2, 0.25) is 0 Å². The summed E-state index contributed by atoms with van der Waals surface area (Å²) in [6, 6.07) is 47.6. The van der Waals surface area contributed by atoms with Crippen LogP contribution in [-0.4, -0.2) is 43.3 Å². The van der Waals surface area contributed by atoms with Gasteiger partial charge in [0.15, 0.2) is 6.10 Å². The van der Waals surface area contributed by atoms with E-state index in [0.29, 0.717) is 0 Å². The highest BCUT2D eigenvalue weighted by molar-refractivity contribution is 7.48. The zero-order chi connectivity index (χ0) is 39.9. The largest absolute Gasteiger partial charge is 0.477 e. The van der Waals surface area contributed by atoms with E-state index in [1.54, 1.807) is 20.8 Å². The Kier molecular flexibility index (Phi) is 15.4. The van der Waals surface area contributed by atoms with Crippen molar-refractivity contribution < 1.29 is 46.6 Å². The zero-order valence-corrected chi connectivity index (χ0v) is 33.5. The predicted molar refractivity (Wildman–Crippen MR) is 215 cm³/mol. The standard InChI is InChI=1S/C46H51O10P/c1-46(2,3)45(47)55-43-42(51-31-37-23-13-6-14-24-37)41(50-30-36-21-11-5-12-22-36)40(34-49-29-35-19-9-4-10-20-35)54-44(43)56-57(48,52-32-38-25-15-7-16-26-38)53-33-39-27-17-8-18-28-39/h4-28,40-44H,29-34H2,1-3H3/t40?,41-,42?,43-,44?/m0/s1. The van der Waals surface area contributed by atoms with Crippen LogP contribution >= 0.6 is 7.82 Å². The van der Waals surface area contributed by atoms with Gasteiger partial charge in [0.05, 0.1) is 45.1 Å². The summed E-state index contributed by atoms with van der Waals surface area (Å²) in [4.78, 5) is 13.8. The van der Waals surface area contributed by atoms with E-state index in [0.717, 1.165) is 27.8 Å². The molecule has 57 heavy (non-hydrogen) atoms. The number of rotatable bonds is 19. The van der Waals surface area contributed by atoms with Gasteiger partial charge >= 0.3 is 13.8 Å². The Morgan fingerprint density at radius 1 is 0.544 bits per heavy atom. The molecule has 0 radical (unpaired) electrons. The molecule has 0 amide bonds. The molecule has 0 aliphatic carbocycles. The Labute approximate surface area is 335 Å². The Morgan fingerprint density at radius 2 is 0.930 bits per heavy atom. The van der Waals surface area contributed by atoms with Crippen molar-refractivity contribution in [2.24, 2.45) is 5.41 Å². The molecule has 10 nitrogen and oxygen atoms in total. The van der Waals surface area contributed by atoms with E-state index in [-0.39, 0.29) is 39.6 Å². The molecule has 0 spiro atoms. The summed E-state index contributed by atoms with van der Waals surface area (Å²) in [6.45, 7) is 5.70. The molecule has 11 heteroatoms. The van der Waals surface area contributed by atoms with Gasteiger partial charge in [-0.15, -0.1) is 0 Å². The number of benzene rings is 5. The summed E-state index contributed by atoms with van der Waals surface area (Å²) in [5, 5.41) is 0. The fourth-order valence-corrected chi connectivity index (χ4v) is 7.23. The van der Waals surface area contributed by atoms with Crippen LogP contribution in [0.1, 0.15) is 48.6 Å². The minimum Gasteiger partial charge on any atom is -0.454 e. The van der Waals surface area contributed by atoms with Gasteiger partial charge in [-0.25, -0.2) is 4.57 Å². The second-order valence-corrected chi connectivity index (χ2v) is 16.4. The quantitative estimate of drug-likeness (QED) is 0.0593. The smallest absolute Gasteiger partial charge is 0.454 e. The molecule has 0 aromatic heterocycles. The van der Waals surface area contributed by atoms with Crippen molar-refractivity contribution in [3.05, 3.63) is 179 Å². The zero-order valence-electron chi connectivity index (χ0n) is 32.6. The van der Waals surface area contributed by atoms with Gasteiger partial charge in [-0.3, -0.25) is 18.4 Å². The maximum Gasteiger partial charge on any atom is 0.477 e. The fourth-order valence-electron chi connectivity index (χ4n) is 6.00. The van der Waals surface area contributed by atoms with E-state index < -0.39 is 49.9 Å². The van der Waals surface area contributed by atoms with Crippen LogP contribution in [0.25, 0.3) is 0 Å². The number of phosphoric ester groups is 1. The number of carbonyl (C=O) groups excluding carboxylic acids is 1. The molecule has 0 N–H and O–H groups in total. The summed E-state index contributed by atoms with van der Waals surface area (Å²) in [6.07, 6.45) is -5.50. The third-order valence-corrected chi connectivity index (χ3v) is 10.5. The Morgan fingerprint density at radius 3 is 1.35 bits per heavy atom. The molecule has 5 aromatic carbocycles. The van der Waals surface area contributed by atoms with E-state index in [2.05, 4.69) is 0 Å². The molecular weight excluding hydrogens is 743 g/mol. The van der Waals surface area contributed by atoms with Crippen LogP contribution in [-0.2, 0) is 79.6 Å². The van der Waals surface area contributed by atoms with Crippen LogP contribution < -0.4 is 0 Å². The highest BCUT2D eigenvalue weighted by Gasteiger charge is 2.53. The first-order valence-corrected chi connectivity index (χ1v) is 20.6. The van der Waals surface area contributed by atoms with Crippen molar-refractivity contribution in [2.45, 2.75) is 84.5 Å². The van der Waals surface area contributed by atoms with Gasteiger partial charge in [0.1, 0.15) is 18.3 Å². The minimum absolute atomic E-state index is 0.0272. The first kappa shape index (κ1) is 42.1. The van der Waals surface area contributed by atoms with Crippen LogP contribution in [0.4, 0.5) is 0 Å². The first-order chi connectivity index (χ1) is 27.6. The maximum atomic E-state index is 14.8. The van der Waals surface area contributed by atoms with Gasteiger partial charge in [0, 0.05) is 0 Å². The lowest BCUT2D eigenvalue weighted by molar-refractivity contribution is -0.307. The van der Waals surface area contributed by atoms with E-state index in [4.69, 9.17) is 37.3 Å². The van der Waals surface area contributed by atoms with Crippen molar-refractivity contribution in [1.29, 1.82) is 0 Å². The molecule has 1 aliphatic heterocycles. The molecule has 1 fully saturated rings. The summed E-state index contributed by atoms with van der Waals surface area (Å²) >= 11 is 0. The Balaban J connectivity index is 1.37. The SMILES string of the molecule is CC(C)(C)C(=O)O[C@@H]1C(OP(=O)(OCc2ccccc2)OCc2ccccc2)OC(COCc2ccccc2)[C@H](OCc2ccccc2)C1OCc1ccccc1. The number of hydrogen-bond donors (Lipinski definition) is 0. The van der Waals surface area contributed by atoms with Crippen molar-refractivity contribution in [3.8, 4) is 0 Å². The van der Waals surface area contributed by atoms with Gasteiger partial charge in [-0.1, -0.05) is 152 Å². The number of hydrogen-bond acceptors (Lipinski definition) is 10. The van der Waals surface area contributed by atoms with Gasteiger partial charge in [-0.05, 0) is 48.6 Å². The summed E-state index contributed by atoms with van der Waals surface area (Å²) in [5.74, 6) is -0.552. The molecule has 5 atom stereocenters. The van der Waals surface area contributed by atoms with Gasteiger partial charge < -0.3 is 23.7 Å². The lowest BCUT2D eigenvalue weighted by Crippen LogP contribution is -2.62. The average Bonchev–Trinajstić information content (AvgIpc) is 3.23. The molecule has 1 heterocycles. The molecule has 6 rings (SSSR count). The number of carbonyl (C=O) groups is 1. The third kappa shape index (κ3) is 13.0. The van der Waals surface area contributed by atoms with Crippen molar-refractivity contribution >= 4 is 13.8 Å². The van der Waals surface area contributed by atoms with E-state index in [1.807, 2.05) is 152 Å². The molecule has 5 aromatic rings. The number of ether oxygens (including phenoxy) is 5. The van der Waals surface area contributed by atoms with Crippen molar-refractivity contribution in [1.82, 2.24) is 0 Å². The van der Waals surface area contributed by atoms with Gasteiger partial charge in [0.2, 0.25) is 6.29 Å². The molecule has 0 bridgehead atoms. The molecule has 3 unspecified atom stereocenters. The molecular formula is C46H51O10P. The van der Waals surface area contributed by atoms with Gasteiger partial charge in [0.25, 0.3) is 0 Å². The highest BCUT2D eigenvalue weighted by atomic mass is 31.2. The van der Waals surface area contributed by atoms with E-state index >= 15 is 0 Å². The number of phosphoric acid groups is 1. The predicted octanol–water partition coefficient (Wildman–Crippen LogP) is 9.62. The van der Waals surface area contributed by atoms with E-state index in [9.17, 15) is 9.36 Å². The third-order valence-electron chi connectivity index (χ3n) is 9.11. The molecule has 0 saturated carbocycles. The monoisotopic (exact) mass is 794 g/mol. The highest BCUT2D eigenvalue weighted by Crippen LogP contribution is 2.54. The van der Waals surface area contributed by atoms with Crippen LogP contribution in [0, 0.1) is 5.41 Å². The average molecular weight is 795 g/mol. The summed E-state index contributed by atoms with van der Waals surface area (Å²) < 4.78 is 65.8. The van der Waals surface area contributed by atoms with Crippen LogP contribution in [0.3, 0.4) is 0 Å². The topological polar surface area (TPSA) is 108 Å². The second kappa shape index (κ2) is 20.8. The van der Waals surface area contributed by atoms with Crippen molar-refractivity contribution in [2.75, 3.05) is 6.61 Å². The molecule has 1 saturated heterocycles. The molecule has 1 aliphatic rings. The van der Waals surface area contributed by atoms with Crippen LogP contribution in [0.5, 0.6) is 0 Å². The lowest BCUT2D eigenvalue weighted by Gasteiger charge is -2.46. The first-order valence-electron chi connectivity index (χ1n) is 19.1. The van der Waals surface area contributed by atoms with Crippen molar-refractivity contribution in [3.63, 3.8) is 0 Å². The maximum absolute atomic E-state index is 14.8. The van der Waals surface area contributed by atoms with E-state index in [1.165, 1.54) is 0 Å². The lowest BCUT2D eigenvalue weighted by atomic mass is 9.95. The Bertz CT molecular complexity index is 1910. The molecule has 300 valence electrons. The fraction of sp³-hybridized carbons (Fsp3) is 0.326.